The first-order chi connectivity index (χ1) is 16.8. The van der Waals surface area contributed by atoms with Crippen LogP contribution in [0.1, 0.15) is 83.5 Å². The molecule has 9 heteroatoms. The maximum atomic E-state index is 11.5. The van der Waals surface area contributed by atoms with Crippen molar-refractivity contribution in [2.45, 2.75) is 90.9 Å². The third kappa shape index (κ3) is 5.40. The van der Waals surface area contributed by atoms with E-state index < -0.39 is 0 Å². The number of nitrogens with two attached hydrogens (primary N) is 1. The fourth-order valence-electron chi connectivity index (χ4n) is 4.70. The predicted octanol–water partition coefficient (Wildman–Crippen LogP) is 4.17. The van der Waals surface area contributed by atoms with Crippen LogP contribution in [0.3, 0.4) is 0 Å². The molecule has 0 aliphatic heterocycles. The minimum absolute atomic E-state index is 0.0443. The van der Waals surface area contributed by atoms with Crippen LogP contribution in [-0.2, 0) is 11.3 Å². The molecule has 1 saturated carbocycles. The SMILES string of the molecule is CC(=O)Oc1ccccc1CNc1nc(=NC2CCCCC2N)n(C(C)C)c2c(C(C)C)[nH]nc12. The number of ether oxygens (including phenoxy) is 1. The van der Waals surface area contributed by atoms with Gasteiger partial charge in [-0.1, -0.05) is 44.9 Å². The van der Waals surface area contributed by atoms with Crippen LogP contribution in [-0.4, -0.2) is 37.8 Å². The van der Waals surface area contributed by atoms with Gasteiger partial charge in [0, 0.05) is 31.1 Å². The first-order valence-corrected chi connectivity index (χ1v) is 12.6. The van der Waals surface area contributed by atoms with Crippen molar-refractivity contribution < 1.29 is 9.53 Å². The van der Waals surface area contributed by atoms with Gasteiger partial charge in [-0.25, -0.2) is 4.99 Å². The molecule has 4 N–H and O–H groups in total. The molecule has 2 atom stereocenters. The van der Waals surface area contributed by atoms with Gasteiger partial charge < -0.3 is 20.4 Å². The van der Waals surface area contributed by atoms with Crippen molar-refractivity contribution in [2.75, 3.05) is 5.32 Å². The van der Waals surface area contributed by atoms with E-state index in [4.69, 9.17) is 20.4 Å². The number of rotatable bonds is 7. The molecule has 0 radical (unpaired) electrons. The van der Waals surface area contributed by atoms with E-state index in [-0.39, 0.29) is 30.0 Å². The lowest BCUT2D eigenvalue weighted by Crippen LogP contribution is -2.39. The summed E-state index contributed by atoms with van der Waals surface area (Å²) in [7, 11) is 0. The quantitative estimate of drug-likeness (QED) is 0.345. The number of carbonyl (C=O) groups is 1. The van der Waals surface area contributed by atoms with E-state index in [1.165, 1.54) is 6.92 Å². The number of hydrogen-bond donors (Lipinski definition) is 3. The molecule has 1 aliphatic carbocycles. The number of esters is 1. The van der Waals surface area contributed by atoms with Crippen LogP contribution >= 0.6 is 0 Å². The van der Waals surface area contributed by atoms with Crippen molar-refractivity contribution in [3.8, 4) is 5.75 Å². The predicted molar refractivity (Wildman–Crippen MR) is 137 cm³/mol. The van der Waals surface area contributed by atoms with Crippen LogP contribution in [0.25, 0.3) is 11.0 Å². The van der Waals surface area contributed by atoms with E-state index in [0.717, 1.165) is 48.0 Å². The highest BCUT2D eigenvalue weighted by Gasteiger charge is 2.24. The lowest BCUT2D eigenvalue weighted by Gasteiger charge is -2.25. The Kier molecular flexibility index (Phi) is 7.54. The molecule has 1 aromatic carbocycles. The summed E-state index contributed by atoms with van der Waals surface area (Å²) >= 11 is 0. The number of aromatic nitrogens is 4. The van der Waals surface area contributed by atoms with Crippen LogP contribution < -0.4 is 21.4 Å². The van der Waals surface area contributed by atoms with Gasteiger partial charge >= 0.3 is 5.97 Å². The minimum atomic E-state index is -0.352. The van der Waals surface area contributed by atoms with Crippen LogP contribution in [0, 0.1) is 0 Å². The Morgan fingerprint density at radius 1 is 1.26 bits per heavy atom. The topological polar surface area (TPSA) is 123 Å². The van der Waals surface area contributed by atoms with E-state index in [0.29, 0.717) is 23.7 Å². The van der Waals surface area contributed by atoms with Crippen molar-refractivity contribution >= 4 is 22.8 Å². The number of nitrogens with one attached hydrogen (secondary N) is 2. The number of carbonyl (C=O) groups excluding carboxylic acids is 1. The average Bonchev–Trinajstić information content (AvgIpc) is 3.24. The summed E-state index contributed by atoms with van der Waals surface area (Å²) in [5.74, 6) is 1.06. The highest BCUT2D eigenvalue weighted by atomic mass is 16.5. The number of H-pyrrole nitrogens is 1. The summed E-state index contributed by atoms with van der Waals surface area (Å²) in [4.78, 5) is 21.6. The Morgan fingerprint density at radius 3 is 2.69 bits per heavy atom. The van der Waals surface area contributed by atoms with Crippen molar-refractivity contribution in [1.29, 1.82) is 0 Å². The number of anilines is 1. The summed E-state index contributed by atoms with van der Waals surface area (Å²) in [5, 5.41) is 11.3. The normalized spacial score (nSPS) is 19.0. The molecule has 35 heavy (non-hydrogen) atoms. The fourth-order valence-corrected chi connectivity index (χ4v) is 4.70. The number of hydrogen-bond acceptors (Lipinski definition) is 7. The van der Waals surface area contributed by atoms with E-state index in [1.807, 2.05) is 18.2 Å². The second-order valence-corrected chi connectivity index (χ2v) is 9.91. The molecule has 0 saturated heterocycles. The molecular formula is C26H37N7O2. The monoisotopic (exact) mass is 479 g/mol. The highest BCUT2D eigenvalue weighted by molar-refractivity contribution is 5.87. The smallest absolute Gasteiger partial charge is 0.308 e. The Balaban J connectivity index is 1.84. The van der Waals surface area contributed by atoms with Crippen LogP contribution in [0.4, 0.5) is 5.82 Å². The zero-order valence-corrected chi connectivity index (χ0v) is 21.3. The van der Waals surface area contributed by atoms with Crippen molar-refractivity contribution in [1.82, 2.24) is 19.7 Å². The van der Waals surface area contributed by atoms with Crippen LogP contribution in [0.2, 0.25) is 0 Å². The lowest BCUT2D eigenvalue weighted by atomic mass is 9.91. The maximum Gasteiger partial charge on any atom is 0.308 e. The molecule has 2 heterocycles. The van der Waals surface area contributed by atoms with Crippen molar-refractivity contribution in [3.63, 3.8) is 0 Å². The lowest BCUT2D eigenvalue weighted by molar-refractivity contribution is -0.131. The number of nitrogens with zero attached hydrogens (tertiary/aromatic N) is 4. The minimum Gasteiger partial charge on any atom is -0.426 e. The number of fused-ring (bicyclic) bond motifs is 1. The molecule has 2 unspecified atom stereocenters. The molecule has 1 fully saturated rings. The number of benzene rings is 1. The van der Waals surface area contributed by atoms with Crippen molar-refractivity contribution in [2.24, 2.45) is 10.7 Å². The number of aromatic amines is 1. The van der Waals surface area contributed by atoms with Gasteiger partial charge in [-0.3, -0.25) is 9.89 Å². The number of para-hydroxylation sites is 1. The van der Waals surface area contributed by atoms with Gasteiger partial charge in [0.2, 0.25) is 5.62 Å². The molecule has 3 aromatic rings. The van der Waals surface area contributed by atoms with Crippen LogP contribution in [0.5, 0.6) is 5.75 Å². The fraction of sp³-hybridized carbons (Fsp3) is 0.538. The van der Waals surface area contributed by atoms with E-state index >= 15 is 0 Å². The molecule has 9 nitrogen and oxygen atoms in total. The highest BCUT2D eigenvalue weighted by Crippen LogP contribution is 2.29. The molecule has 0 spiro atoms. The molecule has 188 valence electrons. The van der Waals surface area contributed by atoms with Gasteiger partial charge in [0.05, 0.1) is 17.3 Å². The standard InChI is InChI=1S/C26H37N7O2/c1-15(2)22-24-23(32-31-22)25(28-14-18-10-6-9-13-21(18)35-17(5)34)30-26(33(24)16(3)4)29-20-12-8-7-11-19(20)27/h6,9-10,13,15-16,19-20H,7-8,11-12,14,27H2,1-5H3,(H,31,32)(H,28,29,30). The second kappa shape index (κ2) is 10.6. The largest absolute Gasteiger partial charge is 0.426 e. The first-order valence-electron chi connectivity index (χ1n) is 12.6. The Bertz CT molecular complexity index is 1260. The summed E-state index contributed by atoms with van der Waals surface area (Å²) in [6.07, 6.45) is 4.24. The van der Waals surface area contributed by atoms with Crippen LogP contribution in [0.15, 0.2) is 29.3 Å². The van der Waals surface area contributed by atoms with Gasteiger partial charge in [0.1, 0.15) is 5.75 Å². The van der Waals surface area contributed by atoms with E-state index in [2.05, 4.69) is 47.8 Å². The third-order valence-corrected chi connectivity index (χ3v) is 6.49. The van der Waals surface area contributed by atoms with Gasteiger partial charge in [-0.2, -0.15) is 10.1 Å². The van der Waals surface area contributed by atoms with Gasteiger partial charge in [-0.15, -0.1) is 0 Å². The van der Waals surface area contributed by atoms with E-state index in [9.17, 15) is 4.79 Å². The first kappa shape index (κ1) is 24.9. The molecule has 0 amide bonds. The molecule has 0 bridgehead atoms. The van der Waals surface area contributed by atoms with Gasteiger partial charge in [-0.05, 0) is 38.7 Å². The van der Waals surface area contributed by atoms with Crippen molar-refractivity contribution in [3.05, 3.63) is 41.1 Å². The summed E-state index contributed by atoms with van der Waals surface area (Å²) in [5.41, 5.74) is 10.8. The second-order valence-electron chi connectivity index (χ2n) is 9.91. The molecule has 4 rings (SSSR count). The average molecular weight is 480 g/mol. The molecule has 2 aromatic heterocycles. The Labute approximate surface area is 206 Å². The Morgan fingerprint density at radius 2 is 2.00 bits per heavy atom. The van der Waals surface area contributed by atoms with E-state index in [1.54, 1.807) is 6.07 Å². The third-order valence-electron chi connectivity index (χ3n) is 6.49. The zero-order valence-electron chi connectivity index (χ0n) is 21.3. The van der Waals surface area contributed by atoms with Gasteiger partial charge in [0.25, 0.3) is 0 Å². The molecular weight excluding hydrogens is 442 g/mol. The maximum absolute atomic E-state index is 11.5. The van der Waals surface area contributed by atoms with Gasteiger partial charge in [0.15, 0.2) is 11.3 Å². The summed E-state index contributed by atoms with van der Waals surface area (Å²) in [6.45, 7) is 10.4. The Hall–Kier alpha value is -3.20. The molecule has 1 aliphatic rings. The summed E-state index contributed by atoms with van der Waals surface area (Å²) < 4.78 is 7.56. The zero-order chi connectivity index (χ0) is 25.1. The summed E-state index contributed by atoms with van der Waals surface area (Å²) in [6, 6.07) is 7.71.